The molecule has 158 valence electrons. The molecular weight excluding hydrogens is 391 g/mol. The Morgan fingerprint density at radius 1 is 1.13 bits per heavy atom. The zero-order valence-corrected chi connectivity index (χ0v) is 19.4. The Bertz CT molecular complexity index is 884. The van der Waals surface area contributed by atoms with Gasteiger partial charge in [-0.1, -0.05) is 79.5 Å². The number of hydrogen-bond donors (Lipinski definition) is 1. The van der Waals surface area contributed by atoms with Crippen LogP contribution in [0, 0.1) is 0 Å². The highest BCUT2D eigenvalue weighted by molar-refractivity contribution is 6.86. The molecule has 5 heteroatoms. The molecule has 30 heavy (non-hydrogen) atoms. The molecule has 0 aliphatic carbocycles. The maximum Gasteiger partial charge on any atom is 0.217 e. The third-order valence-corrected chi connectivity index (χ3v) is 4.74. The van der Waals surface area contributed by atoms with Crippen molar-refractivity contribution in [2.45, 2.75) is 52.5 Å². The lowest BCUT2D eigenvalue weighted by Crippen LogP contribution is -2.43. The van der Waals surface area contributed by atoms with Gasteiger partial charge in [-0.15, -0.1) is 0 Å². The van der Waals surface area contributed by atoms with E-state index in [0.717, 1.165) is 12.1 Å². The van der Waals surface area contributed by atoms with Gasteiger partial charge in [0.25, 0.3) is 0 Å². The van der Waals surface area contributed by atoms with E-state index in [0.29, 0.717) is 5.92 Å². The first-order chi connectivity index (χ1) is 14.3. The highest BCUT2D eigenvalue weighted by atomic mass is 35.5. The summed E-state index contributed by atoms with van der Waals surface area (Å²) in [5.41, 5.74) is 5.22. The monoisotopic (exact) mass is 422 g/mol. The molecule has 0 amide bonds. The molecule has 3 nitrogen and oxygen atoms in total. The number of nitrogens with one attached hydrogen (secondary N) is 1. The Balaban J connectivity index is 0.000000558. The molecule has 0 fully saturated rings. The third kappa shape index (κ3) is 7.76. The molecular formula is C25H32BClN2O. The number of aromatic amines is 1. The van der Waals surface area contributed by atoms with Crippen LogP contribution in [-0.4, -0.2) is 22.3 Å². The molecule has 0 aliphatic rings. The van der Waals surface area contributed by atoms with Crippen LogP contribution < -0.4 is 15.7 Å². The minimum atomic E-state index is -0.233. The van der Waals surface area contributed by atoms with Crippen LogP contribution in [0.1, 0.15) is 46.1 Å². The number of ether oxygens (including phenoxy) is 1. The minimum absolute atomic E-state index is 0.215. The van der Waals surface area contributed by atoms with Crippen molar-refractivity contribution in [1.82, 2.24) is 9.97 Å². The number of halogens is 1. The smallest absolute Gasteiger partial charge is 0.217 e. The lowest BCUT2D eigenvalue weighted by atomic mass is 9.38. The highest BCUT2D eigenvalue weighted by Gasteiger charge is 2.24. The van der Waals surface area contributed by atoms with Crippen molar-refractivity contribution < 1.29 is 4.74 Å². The average Bonchev–Trinajstić information content (AvgIpc) is 3.29. The summed E-state index contributed by atoms with van der Waals surface area (Å²) in [4.78, 5) is 6.42. The van der Waals surface area contributed by atoms with Crippen LogP contribution in [0.2, 0.25) is 6.32 Å². The second-order valence-electron chi connectivity index (χ2n) is 8.49. The Labute approximate surface area is 186 Å². The van der Waals surface area contributed by atoms with Crippen LogP contribution in [0.5, 0.6) is 5.75 Å². The molecule has 0 unspecified atom stereocenters. The minimum Gasteiger partial charge on any atom is -0.489 e. The summed E-state index contributed by atoms with van der Waals surface area (Å²) in [5, 5.41) is 0. The van der Waals surface area contributed by atoms with Gasteiger partial charge in [-0.2, -0.15) is 0 Å². The summed E-state index contributed by atoms with van der Waals surface area (Å²) in [6.45, 7) is 10.9. The van der Waals surface area contributed by atoms with Gasteiger partial charge in [-0.25, -0.2) is 4.98 Å². The van der Waals surface area contributed by atoms with Gasteiger partial charge in [0.05, 0.1) is 6.33 Å². The van der Waals surface area contributed by atoms with Crippen LogP contribution in [0.3, 0.4) is 0 Å². The molecule has 0 saturated heterocycles. The molecule has 0 spiro atoms. The van der Waals surface area contributed by atoms with Crippen molar-refractivity contribution in [1.29, 1.82) is 0 Å². The first-order valence-corrected chi connectivity index (χ1v) is 10.8. The van der Waals surface area contributed by atoms with E-state index in [1.54, 1.807) is 24.3 Å². The van der Waals surface area contributed by atoms with Gasteiger partial charge < -0.3 is 9.72 Å². The van der Waals surface area contributed by atoms with E-state index in [1.165, 1.54) is 16.5 Å². The quantitative estimate of drug-likeness (QED) is 0.513. The van der Waals surface area contributed by atoms with Gasteiger partial charge in [0.1, 0.15) is 11.4 Å². The second-order valence-corrected chi connectivity index (χ2v) is 8.74. The topological polar surface area (TPSA) is 37.9 Å². The van der Waals surface area contributed by atoms with Gasteiger partial charge in [0.15, 0.2) is 0 Å². The lowest BCUT2D eigenvalue weighted by molar-refractivity contribution is 0.132. The van der Waals surface area contributed by atoms with Crippen LogP contribution in [0.25, 0.3) is 0 Å². The molecule has 0 atom stereocenters. The predicted molar refractivity (Wildman–Crippen MR) is 131 cm³/mol. The van der Waals surface area contributed by atoms with Crippen molar-refractivity contribution in [2.24, 2.45) is 0 Å². The number of imidazole rings is 1. The van der Waals surface area contributed by atoms with Gasteiger partial charge in [0, 0.05) is 12.4 Å². The number of hydrogen-bond acceptors (Lipinski definition) is 2. The first-order valence-electron chi connectivity index (χ1n) is 10.4. The van der Waals surface area contributed by atoms with Gasteiger partial charge in [0.2, 0.25) is 6.71 Å². The van der Waals surface area contributed by atoms with Crippen LogP contribution in [0.4, 0.5) is 0 Å². The number of aromatic nitrogens is 2. The fourth-order valence-corrected chi connectivity index (χ4v) is 3.27. The first kappa shape index (κ1) is 23.8. The maximum atomic E-state index is 6.24. The summed E-state index contributed by atoms with van der Waals surface area (Å²) in [6, 6.07) is 17.2. The molecule has 2 aromatic carbocycles. The van der Waals surface area contributed by atoms with E-state index in [9.17, 15) is 0 Å². The van der Waals surface area contributed by atoms with Crippen LogP contribution in [0.15, 0.2) is 78.9 Å². The third-order valence-electron chi connectivity index (χ3n) is 4.56. The summed E-state index contributed by atoms with van der Waals surface area (Å²) in [6.07, 6.45) is 7.94. The van der Waals surface area contributed by atoms with Crippen molar-refractivity contribution >= 4 is 29.2 Å². The zero-order valence-electron chi connectivity index (χ0n) is 18.6. The van der Waals surface area contributed by atoms with E-state index >= 15 is 0 Å². The van der Waals surface area contributed by atoms with Crippen LogP contribution in [-0.2, 0) is 0 Å². The molecule has 0 saturated carbocycles. The van der Waals surface area contributed by atoms with E-state index in [2.05, 4.69) is 87.1 Å². The Hall–Kier alpha value is -2.46. The number of H-pyrrole nitrogens is 1. The molecule has 0 aliphatic heterocycles. The van der Waals surface area contributed by atoms with Crippen molar-refractivity contribution in [3.05, 3.63) is 84.4 Å². The molecule has 1 aromatic heterocycles. The predicted octanol–water partition coefficient (Wildman–Crippen LogP) is 5.76. The summed E-state index contributed by atoms with van der Waals surface area (Å²) >= 11 is 5.84. The highest BCUT2D eigenvalue weighted by Crippen LogP contribution is 2.18. The number of para-hydroxylation sites is 1. The summed E-state index contributed by atoms with van der Waals surface area (Å²) < 4.78 is 6.24. The normalized spacial score (nSPS) is 11.3. The SMILES string of the molecule is CC(C)c1cccc(B(CC=CCl)c2ccccc2OC(C)(C)C)c1.c1c[nH]cn1. The largest absolute Gasteiger partial charge is 0.489 e. The van der Waals surface area contributed by atoms with Gasteiger partial charge in [-0.3, -0.25) is 0 Å². The lowest BCUT2D eigenvalue weighted by Gasteiger charge is -2.25. The fourth-order valence-electron chi connectivity index (χ4n) is 3.17. The second kappa shape index (κ2) is 11.7. The summed E-state index contributed by atoms with van der Waals surface area (Å²) in [5.74, 6) is 1.45. The molecule has 0 radical (unpaired) electrons. The van der Waals surface area contributed by atoms with E-state index in [4.69, 9.17) is 16.3 Å². The Morgan fingerprint density at radius 3 is 2.47 bits per heavy atom. The number of rotatable bonds is 6. The molecule has 0 bridgehead atoms. The van der Waals surface area contributed by atoms with Gasteiger partial charge >= 0.3 is 0 Å². The summed E-state index contributed by atoms with van der Waals surface area (Å²) in [7, 11) is 0. The van der Waals surface area contributed by atoms with E-state index in [1.807, 2.05) is 12.1 Å². The fraction of sp³-hybridized carbons (Fsp3) is 0.320. The molecule has 1 N–H and O–H groups in total. The van der Waals surface area contributed by atoms with Crippen molar-refractivity contribution in [2.75, 3.05) is 0 Å². The van der Waals surface area contributed by atoms with Crippen molar-refractivity contribution in [3.8, 4) is 5.75 Å². The van der Waals surface area contributed by atoms with Crippen LogP contribution >= 0.6 is 11.6 Å². The number of allylic oxidation sites excluding steroid dienone is 1. The number of nitrogens with zero attached hydrogens (tertiary/aromatic N) is 1. The van der Waals surface area contributed by atoms with Gasteiger partial charge in [-0.05, 0) is 55.6 Å². The molecule has 1 heterocycles. The maximum absolute atomic E-state index is 6.24. The zero-order chi connectivity index (χ0) is 22.0. The Kier molecular flexibility index (Phi) is 9.26. The number of benzene rings is 2. The molecule has 3 rings (SSSR count). The van der Waals surface area contributed by atoms with E-state index < -0.39 is 0 Å². The van der Waals surface area contributed by atoms with E-state index in [-0.39, 0.29) is 12.3 Å². The van der Waals surface area contributed by atoms with Crippen molar-refractivity contribution in [3.63, 3.8) is 0 Å². The average molecular weight is 423 g/mol. The standard InChI is InChI=1S/C22H28BClO.C3H4N2/c1-17(2)18-10-8-11-19(16-18)23(14-9-15-24)20-12-6-7-13-21(20)25-22(3,4)5;1-2-5-3-4-1/h6-13,15-17H,14H2,1-5H3;1-3H,(H,4,5). The Morgan fingerprint density at radius 2 is 1.90 bits per heavy atom. The molecule has 3 aromatic rings.